The predicted molar refractivity (Wildman–Crippen MR) is 157 cm³/mol. The minimum atomic E-state index is -1.30. The minimum absolute atomic E-state index is 0.0945. The molecule has 0 radical (unpaired) electrons. The summed E-state index contributed by atoms with van der Waals surface area (Å²) in [4.78, 5) is 36.9. The zero-order valence-electron chi connectivity index (χ0n) is 22.8. The maximum absolute atomic E-state index is 13.4. The molecule has 8 nitrogen and oxygen atoms in total. The maximum Gasteiger partial charge on any atom is 0.329 e. The van der Waals surface area contributed by atoms with Crippen molar-refractivity contribution >= 4 is 35.1 Å². The quantitative estimate of drug-likeness (QED) is 0.253. The van der Waals surface area contributed by atoms with Crippen molar-refractivity contribution in [2.75, 3.05) is 26.7 Å². The number of carboxylic acid groups (broad SMARTS) is 1. The summed E-state index contributed by atoms with van der Waals surface area (Å²) < 4.78 is 6.01. The number of carboxylic acids is 1. The number of rotatable bonds is 11. The molecule has 1 fully saturated rings. The molecule has 1 amide bonds. The summed E-state index contributed by atoms with van der Waals surface area (Å²) in [6.45, 7) is 4.44. The third-order valence-corrected chi connectivity index (χ3v) is 7.91. The van der Waals surface area contributed by atoms with Crippen molar-refractivity contribution in [1.29, 1.82) is 0 Å². The van der Waals surface area contributed by atoms with Gasteiger partial charge in [0.1, 0.15) is 17.0 Å². The van der Waals surface area contributed by atoms with E-state index in [1.807, 2.05) is 0 Å². The van der Waals surface area contributed by atoms with Crippen LogP contribution in [0.1, 0.15) is 55.9 Å². The van der Waals surface area contributed by atoms with Crippen LogP contribution in [-0.2, 0) is 4.79 Å². The number of nitrogens with zero attached hydrogens (tertiary/aromatic N) is 3. The molecule has 0 bridgehead atoms. The highest BCUT2D eigenvalue weighted by molar-refractivity contribution is 6.33. The first kappa shape index (κ1) is 29.8. The molecule has 0 atom stereocenters. The summed E-state index contributed by atoms with van der Waals surface area (Å²) >= 11 is 13.0. The average Bonchev–Trinajstić information content (AvgIpc) is 2.96. The van der Waals surface area contributed by atoms with Crippen LogP contribution >= 0.6 is 23.2 Å². The molecule has 2 N–H and O–H groups in total. The largest absolute Gasteiger partial charge is 0.492 e. The van der Waals surface area contributed by atoms with Gasteiger partial charge in [0.2, 0.25) is 0 Å². The molecule has 3 aromatic rings. The molecule has 4 rings (SSSR count). The van der Waals surface area contributed by atoms with E-state index >= 15 is 0 Å². The highest BCUT2D eigenvalue weighted by Crippen LogP contribution is 2.37. The van der Waals surface area contributed by atoms with Crippen LogP contribution in [0.15, 0.2) is 48.7 Å². The number of aliphatic carboxylic acids is 1. The van der Waals surface area contributed by atoms with E-state index in [1.54, 1.807) is 48.7 Å². The number of aromatic nitrogens is 2. The summed E-state index contributed by atoms with van der Waals surface area (Å²) in [5.74, 6) is -1.07. The van der Waals surface area contributed by atoms with Crippen molar-refractivity contribution in [3.05, 3.63) is 64.4 Å². The lowest BCUT2D eigenvalue weighted by Gasteiger charge is -2.33. The van der Waals surface area contributed by atoms with Gasteiger partial charge in [-0.25, -0.2) is 9.78 Å². The number of benzene rings is 1. The monoisotopic (exact) mass is 584 g/mol. The predicted octanol–water partition coefficient (Wildman–Crippen LogP) is 6.36. The van der Waals surface area contributed by atoms with E-state index < -0.39 is 17.4 Å². The Morgan fingerprint density at radius 1 is 1.07 bits per heavy atom. The second-order valence-electron chi connectivity index (χ2n) is 10.1. The third-order valence-electron chi connectivity index (χ3n) is 7.30. The molecule has 0 spiro atoms. The fourth-order valence-corrected chi connectivity index (χ4v) is 5.24. The number of ether oxygens (including phenoxy) is 1. The molecule has 1 saturated carbocycles. The zero-order valence-corrected chi connectivity index (χ0v) is 24.3. The molecule has 212 valence electrons. The first-order valence-corrected chi connectivity index (χ1v) is 14.3. The summed E-state index contributed by atoms with van der Waals surface area (Å²) in [6, 6.07) is 12.1. The number of carbonyl (C=O) groups is 2. The minimum Gasteiger partial charge on any atom is -0.492 e. The van der Waals surface area contributed by atoms with Gasteiger partial charge in [0.05, 0.1) is 28.0 Å². The average molecular weight is 586 g/mol. The highest BCUT2D eigenvalue weighted by atomic mass is 35.5. The van der Waals surface area contributed by atoms with Crippen LogP contribution in [0, 0.1) is 0 Å². The second-order valence-corrected chi connectivity index (χ2v) is 10.9. The van der Waals surface area contributed by atoms with Crippen LogP contribution < -0.4 is 10.1 Å². The van der Waals surface area contributed by atoms with Crippen LogP contribution in [0.3, 0.4) is 0 Å². The molecule has 2 aromatic heterocycles. The molecule has 0 aliphatic heterocycles. The van der Waals surface area contributed by atoms with Gasteiger partial charge in [-0.15, -0.1) is 0 Å². The molecular formula is C30H34Cl2N4O4. The van der Waals surface area contributed by atoms with E-state index in [0.717, 1.165) is 38.8 Å². The van der Waals surface area contributed by atoms with Gasteiger partial charge in [0, 0.05) is 23.9 Å². The van der Waals surface area contributed by atoms with Gasteiger partial charge in [-0.1, -0.05) is 55.5 Å². The normalized spacial score (nSPS) is 14.6. The van der Waals surface area contributed by atoms with Crippen LogP contribution in [-0.4, -0.2) is 64.1 Å². The lowest BCUT2D eigenvalue weighted by molar-refractivity contribution is -0.145. The summed E-state index contributed by atoms with van der Waals surface area (Å²) in [7, 11) is 2.05. The topological polar surface area (TPSA) is 105 Å². The van der Waals surface area contributed by atoms with Gasteiger partial charge in [-0.3, -0.25) is 9.78 Å². The summed E-state index contributed by atoms with van der Waals surface area (Å²) in [6.07, 6.45) is 5.66. The van der Waals surface area contributed by atoms with Gasteiger partial charge in [0.15, 0.2) is 0 Å². The fraction of sp³-hybridized carbons (Fsp3) is 0.400. The van der Waals surface area contributed by atoms with Crippen LogP contribution in [0.25, 0.3) is 22.5 Å². The first-order valence-electron chi connectivity index (χ1n) is 13.5. The van der Waals surface area contributed by atoms with E-state index in [9.17, 15) is 14.7 Å². The molecular weight excluding hydrogens is 551 g/mol. The van der Waals surface area contributed by atoms with E-state index in [1.165, 1.54) is 0 Å². The lowest BCUT2D eigenvalue weighted by atomic mass is 9.81. The van der Waals surface area contributed by atoms with E-state index in [0.29, 0.717) is 57.8 Å². The van der Waals surface area contributed by atoms with Crippen molar-refractivity contribution < 1.29 is 19.4 Å². The molecule has 1 aliphatic rings. The first-order chi connectivity index (χ1) is 19.2. The molecule has 1 aromatic carbocycles. The van der Waals surface area contributed by atoms with Crippen LogP contribution in [0.5, 0.6) is 5.75 Å². The zero-order chi connectivity index (χ0) is 28.7. The number of hydrogen-bond acceptors (Lipinski definition) is 6. The van der Waals surface area contributed by atoms with Crippen molar-refractivity contribution in [3.8, 4) is 28.3 Å². The van der Waals surface area contributed by atoms with Crippen LogP contribution in [0.2, 0.25) is 10.0 Å². The van der Waals surface area contributed by atoms with E-state index in [-0.39, 0.29) is 5.69 Å². The third kappa shape index (κ3) is 6.92. The number of carbonyl (C=O) groups excluding carboxylic acids is 1. The van der Waals surface area contributed by atoms with Crippen molar-refractivity contribution in [1.82, 2.24) is 20.2 Å². The lowest BCUT2D eigenvalue weighted by Crippen LogP contribution is -2.55. The summed E-state index contributed by atoms with van der Waals surface area (Å²) in [5.41, 5.74) is 1.03. The number of halogens is 2. The Morgan fingerprint density at radius 2 is 1.85 bits per heavy atom. The Morgan fingerprint density at radius 3 is 2.55 bits per heavy atom. The van der Waals surface area contributed by atoms with Gasteiger partial charge >= 0.3 is 5.97 Å². The molecule has 10 heteroatoms. The van der Waals surface area contributed by atoms with Crippen LogP contribution in [0.4, 0.5) is 0 Å². The Kier molecular flexibility index (Phi) is 10.0. The Labute approximate surface area is 244 Å². The van der Waals surface area contributed by atoms with E-state index in [4.69, 9.17) is 32.9 Å². The fourth-order valence-electron chi connectivity index (χ4n) is 4.85. The van der Waals surface area contributed by atoms with Crippen molar-refractivity contribution in [2.45, 2.75) is 51.0 Å². The number of amides is 1. The van der Waals surface area contributed by atoms with Gasteiger partial charge in [-0.05, 0) is 69.3 Å². The van der Waals surface area contributed by atoms with Gasteiger partial charge in [-0.2, -0.15) is 0 Å². The molecule has 1 aliphatic carbocycles. The number of pyridine rings is 2. The SMILES string of the molecule is CCN(C)CCCOc1cc(-c2nc(C(=O)NC3(C(=O)O)CCCCC3)ccc2-c2ncccc2Cl)ccc1Cl. The Balaban J connectivity index is 1.70. The highest BCUT2D eigenvalue weighted by Gasteiger charge is 2.41. The van der Waals surface area contributed by atoms with E-state index in [2.05, 4.69) is 29.2 Å². The second kappa shape index (κ2) is 13.4. The molecule has 40 heavy (non-hydrogen) atoms. The molecule has 0 saturated heterocycles. The van der Waals surface area contributed by atoms with Crippen molar-refractivity contribution in [2.24, 2.45) is 0 Å². The number of nitrogens with one attached hydrogen (secondary N) is 1. The summed E-state index contributed by atoms with van der Waals surface area (Å²) in [5, 5.41) is 13.6. The Bertz CT molecular complexity index is 1360. The van der Waals surface area contributed by atoms with Gasteiger partial charge < -0.3 is 20.1 Å². The smallest absolute Gasteiger partial charge is 0.329 e. The molecule has 0 unspecified atom stereocenters. The Hall–Kier alpha value is -3.20. The van der Waals surface area contributed by atoms with Crippen molar-refractivity contribution in [3.63, 3.8) is 0 Å². The molecule has 2 heterocycles. The number of hydrogen-bond donors (Lipinski definition) is 2. The standard InChI is InChI=1S/C30H34Cl2N4O4/c1-3-36(2)17-8-18-40-25-19-20(10-12-22(25)31)26-21(27-23(32)9-7-16-33-27)11-13-24(34-26)28(37)35-30(29(38)39)14-5-4-6-15-30/h7,9-13,16,19H,3-6,8,14-15,17-18H2,1-2H3,(H,35,37)(H,38,39). The van der Waals surface area contributed by atoms with Gasteiger partial charge in [0.25, 0.3) is 5.91 Å². The maximum atomic E-state index is 13.4.